The molecule has 38 heavy (non-hydrogen) atoms. The van der Waals surface area contributed by atoms with Crippen LogP contribution in [0.25, 0.3) is 0 Å². The minimum absolute atomic E-state index is 0.0116. The van der Waals surface area contributed by atoms with Gasteiger partial charge in [-0.15, -0.1) is 0 Å². The number of para-hydroxylation sites is 1. The lowest BCUT2D eigenvalue weighted by Gasteiger charge is -2.32. The summed E-state index contributed by atoms with van der Waals surface area (Å²) in [5, 5.41) is 3.78. The molecule has 0 aliphatic carbocycles. The number of carbonyl (C=O) groups excluding carboxylic acids is 2. The van der Waals surface area contributed by atoms with Crippen molar-refractivity contribution in [2.45, 2.75) is 50.7 Å². The van der Waals surface area contributed by atoms with Gasteiger partial charge >= 0.3 is 0 Å². The second-order valence-electron chi connectivity index (χ2n) is 8.95. The van der Waals surface area contributed by atoms with Crippen LogP contribution in [-0.2, 0) is 26.2 Å². The first kappa shape index (κ1) is 29.5. The molecule has 10 heteroatoms. The molecular weight excluding hydrogens is 545 g/mol. The lowest BCUT2D eigenvalue weighted by atomic mass is 10.1. The summed E-state index contributed by atoms with van der Waals surface area (Å²) in [6.07, 6.45) is 0.724. The molecule has 0 heterocycles. The molecule has 202 valence electrons. The normalized spacial score (nSPS) is 12.9. The van der Waals surface area contributed by atoms with Crippen LogP contribution in [0.2, 0.25) is 10.0 Å². The number of hydrogen-bond donors (Lipinski definition) is 1. The van der Waals surface area contributed by atoms with E-state index < -0.39 is 28.5 Å². The minimum Gasteiger partial charge on any atom is -0.352 e. The van der Waals surface area contributed by atoms with Crippen LogP contribution >= 0.6 is 23.2 Å². The molecule has 2 unspecified atom stereocenters. The van der Waals surface area contributed by atoms with Crippen LogP contribution in [0.3, 0.4) is 0 Å². The van der Waals surface area contributed by atoms with Crippen molar-refractivity contribution in [3.63, 3.8) is 0 Å². The fourth-order valence-corrected chi connectivity index (χ4v) is 5.49. The summed E-state index contributed by atoms with van der Waals surface area (Å²) in [7, 11) is -4.14. The number of nitrogens with zero attached hydrogens (tertiary/aromatic N) is 2. The van der Waals surface area contributed by atoms with Crippen molar-refractivity contribution in [1.29, 1.82) is 0 Å². The Balaban J connectivity index is 2.00. The van der Waals surface area contributed by atoms with E-state index in [-0.39, 0.29) is 23.4 Å². The van der Waals surface area contributed by atoms with Gasteiger partial charge in [-0.2, -0.15) is 0 Å². The van der Waals surface area contributed by atoms with Gasteiger partial charge in [-0.05, 0) is 74.4 Å². The molecule has 0 radical (unpaired) electrons. The van der Waals surface area contributed by atoms with Gasteiger partial charge in [0.05, 0.1) is 10.6 Å². The predicted molar refractivity (Wildman–Crippen MR) is 152 cm³/mol. The van der Waals surface area contributed by atoms with Crippen molar-refractivity contribution >= 4 is 50.7 Å². The van der Waals surface area contributed by atoms with E-state index in [4.69, 9.17) is 23.2 Å². The van der Waals surface area contributed by atoms with E-state index in [1.54, 1.807) is 61.5 Å². The van der Waals surface area contributed by atoms with Gasteiger partial charge in [-0.25, -0.2) is 8.42 Å². The van der Waals surface area contributed by atoms with Gasteiger partial charge in [0.1, 0.15) is 12.6 Å². The van der Waals surface area contributed by atoms with E-state index >= 15 is 0 Å². The molecule has 3 aromatic carbocycles. The van der Waals surface area contributed by atoms with E-state index in [9.17, 15) is 18.0 Å². The average Bonchev–Trinajstić information content (AvgIpc) is 2.90. The van der Waals surface area contributed by atoms with E-state index in [0.717, 1.165) is 10.7 Å². The Morgan fingerprint density at radius 3 is 2.16 bits per heavy atom. The number of hydrogen-bond acceptors (Lipinski definition) is 4. The minimum atomic E-state index is -4.14. The quantitative estimate of drug-likeness (QED) is 0.326. The van der Waals surface area contributed by atoms with Crippen molar-refractivity contribution in [2.24, 2.45) is 0 Å². The number of benzene rings is 3. The molecule has 3 rings (SSSR count). The fourth-order valence-electron chi connectivity index (χ4n) is 3.74. The molecule has 0 aliphatic rings. The summed E-state index contributed by atoms with van der Waals surface area (Å²) < 4.78 is 28.5. The molecule has 3 aromatic rings. The molecule has 0 aliphatic heterocycles. The number of anilines is 1. The zero-order valence-corrected chi connectivity index (χ0v) is 23.8. The standard InChI is InChI=1S/C28H31Cl2N3O4S/c1-4-20(2)31-28(35)21(3)32(18-22-9-8-10-24(30)17-22)27(34)19-33(25-11-6-5-7-12-25)38(36,37)26-15-13-23(29)14-16-26/h5-17,20-21H,4,18-19H2,1-3H3,(H,31,35). The Morgan fingerprint density at radius 1 is 0.895 bits per heavy atom. The zero-order valence-electron chi connectivity index (χ0n) is 21.5. The Kier molecular flexibility index (Phi) is 10.2. The highest BCUT2D eigenvalue weighted by molar-refractivity contribution is 7.92. The second kappa shape index (κ2) is 13.1. The average molecular weight is 577 g/mol. The van der Waals surface area contributed by atoms with Crippen LogP contribution in [0.15, 0.2) is 83.8 Å². The number of halogens is 2. The van der Waals surface area contributed by atoms with Gasteiger partial charge in [-0.3, -0.25) is 13.9 Å². The summed E-state index contributed by atoms with van der Waals surface area (Å²) >= 11 is 12.1. The number of amides is 2. The second-order valence-corrected chi connectivity index (χ2v) is 11.7. The highest BCUT2D eigenvalue weighted by Crippen LogP contribution is 2.25. The van der Waals surface area contributed by atoms with E-state index in [2.05, 4.69) is 5.32 Å². The van der Waals surface area contributed by atoms with Crippen molar-refractivity contribution < 1.29 is 18.0 Å². The molecule has 2 amide bonds. The Labute approximate surface area is 234 Å². The number of carbonyl (C=O) groups is 2. The SMILES string of the molecule is CCC(C)NC(=O)C(C)N(Cc1cccc(Cl)c1)C(=O)CN(c1ccccc1)S(=O)(=O)c1ccc(Cl)cc1. The van der Waals surface area contributed by atoms with Crippen LogP contribution in [-0.4, -0.2) is 43.8 Å². The number of rotatable bonds is 11. The summed E-state index contributed by atoms with van der Waals surface area (Å²) in [6.45, 7) is 5.00. The molecule has 0 bridgehead atoms. The molecule has 0 aromatic heterocycles. The Bertz CT molecular complexity index is 1350. The molecule has 0 saturated heterocycles. The van der Waals surface area contributed by atoms with Crippen molar-refractivity contribution in [3.05, 3.63) is 94.5 Å². The molecule has 0 spiro atoms. The van der Waals surface area contributed by atoms with E-state index in [0.29, 0.717) is 21.3 Å². The van der Waals surface area contributed by atoms with Crippen LogP contribution in [0.1, 0.15) is 32.8 Å². The first-order valence-electron chi connectivity index (χ1n) is 12.2. The van der Waals surface area contributed by atoms with Crippen molar-refractivity contribution in [2.75, 3.05) is 10.8 Å². The van der Waals surface area contributed by atoms with Gasteiger partial charge in [-0.1, -0.05) is 60.5 Å². The van der Waals surface area contributed by atoms with Crippen LogP contribution < -0.4 is 9.62 Å². The Morgan fingerprint density at radius 2 is 1.55 bits per heavy atom. The van der Waals surface area contributed by atoms with Crippen molar-refractivity contribution in [3.8, 4) is 0 Å². The lowest BCUT2D eigenvalue weighted by molar-refractivity contribution is -0.139. The topological polar surface area (TPSA) is 86.8 Å². The third-order valence-corrected chi connectivity index (χ3v) is 8.41. The number of nitrogens with one attached hydrogen (secondary N) is 1. The molecule has 0 fully saturated rings. The van der Waals surface area contributed by atoms with Gasteiger partial charge in [0.25, 0.3) is 10.0 Å². The smallest absolute Gasteiger partial charge is 0.264 e. The van der Waals surface area contributed by atoms with Gasteiger partial charge in [0.2, 0.25) is 11.8 Å². The molecule has 7 nitrogen and oxygen atoms in total. The van der Waals surface area contributed by atoms with Crippen molar-refractivity contribution in [1.82, 2.24) is 10.2 Å². The third kappa shape index (κ3) is 7.49. The third-order valence-electron chi connectivity index (χ3n) is 6.13. The van der Waals surface area contributed by atoms with Crippen LogP contribution in [0.4, 0.5) is 5.69 Å². The lowest BCUT2D eigenvalue weighted by Crippen LogP contribution is -2.52. The highest BCUT2D eigenvalue weighted by Gasteiger charge is 2.32. The summed E-state index contributed by atoms with van der Waals surface area (Å²) in [4.78, 5) is 28.2. The maximum absolute atomic E-state index is 13.8. The van der Waals surface area contributed by atoms with Gasteiger partial charge in [0, 0.05) is 22.6 Å². The molecular formula is C28H31Cl2N3O4S. The fraction of sp³-hybridized carbons (Fsp3) is 0.286. The van der Waals surface area contributed by atoms with Crippen LogP contribution in [0, 0.1) is 0 Å². The number of sulfonamides is 1. The van der Waals surface area contributed by atoms with E-state index in [1.807, 2.05) is 13.8 Å². The molecule has 2 atom stereocenters. The maximum atomic E-state index is 13.8. The summed E-state index contributed by atoms with van der Waals surface area (Å²) in [5.74, 6) is -0.875. The predicted octanol–water partition coefficient (Wildman–Crippen LogP) is 5.52. The highest BCUT2D eigenvalue weighted by atomic mass is 35.5. The summed E-state index contributed by atoms with van der Waals surface area (Å²) in [5.41, 5.74) is 1.02. The summed E-state index contributed by atoms with van der Waals surface area (Å²) in [6, 6.07) is 20.1. The van der Waals surface area contributed by atoms with Gasteiger partial charge < -0.3 is 10.2 Å². The maximum Gasteiger partial charge on any atom is 0.264 e. The van der Waals surface area contributed by atoms with Gasteiger partial charge in [0.15, 0.2) is 0 Å². The monoisotopic (exact) mass is 575 g/mol. The molecule has 0 saturated carbocycles. The largest absolute Gasteiger partial charge is 0.352 e. The first-order chi connectivity index (χ1) is 18.0. The van der Waals surface area contributed by atoms with E-state index in [1.165, 1.54) is 29.2 Å². The Hall–Kier alpha value is -3.07. The molecule has 1 N–H and O–H groups in total. The van der Waals surface area contributed by atoms with Crippen LogP contribution in [0.5, 0.6) is 0 Å². The zero-order chi connectivity index (χ0) is 27.9. The first-order valence-corrected chi connectivity index (χ1v) is 14.4.